The van der Waals surface area contributed by atoms with Crippen LogP contribution in [-0.4, -0.2) is 14.3 Å². The number of rotatable bonds is 1. The van der Waals surface area contributed by atoms with Crippen molar-refractivity contribution >= 4 is 23.2 Å². The lowest BCUT2D eigenvalue weighted by Crippen LogP contribution is -2.21. The van der Waals surface area contributed by atoms with Gasteiger partial charge in [0.15, 0.2) is 0 Å². The third kappa shape index (κ3) is 1.78. The lowest BCUT2D eigenvalue weighted by molar-refractivity contribution is 0.726. The van der Waals surface area contributed by atoms with Crippen molar-refractivity contribution in [3.05, 3.63) is 45.1 Å². The summed E-state index contributed by atoms with van der Waals surface area (Å²) in [5, 5.41) is 4.46. The van der Waals surface area contributed by atoms with Gasteiger partial charge < -0.3 is 0 Å². The lowest BCUT2D eigenvalue weighted by atomic mass is 10.3. The second kappa shape index (κ2) is 3.72. The van der Waals surface area contributed by atoms with Gasteiger partial charge in [0.05, 0.1) is 5.69 Å². The summed E-state index contributed by atoms with van der Waals surface area (Å²) in [6.45, 7) is 0. The second-order valence-electron chi connectivity index (χ2n) is 2.99. The summed E-state index contributed by atoms with van der Waals surface area (Å²) < 4.78 is 2.46. The van der Waals surface area contributed by atoms with Gasteiger partial charge in [0.1, 0.15) is 0 Å². The second-order valence-corrected chi connectivity index (χ2v) is 3.76. The zero-order chi connectivity index (χ0) is 11.0. The minimum absolute atomic E-state index is 0.116. The molecule has 2 aromatic rings. The minimum Gasteiger partial charge on any atom is -0.246 e. The van der Waals surface area contributed by atoms with Crippen LogP contribution in [-0.2, 0) is 7.05 Å². The quantitative estimate of drug-likeness (QED) is 0.768. The van der Waals surface area contributed by atoms with E-state index >= 15 is 0 Å². The standard InChI is InChI=1S/C9H7Cl2N3O/c1-13-9(15)14(8(11)12-13)7-4-2-3-6(10)5-7/h2-5H,1H3. The molecule has 6 heteroatoms. The van der Waals surface area contributed by atoms with Gasteiger partial charge in [-0.05, 0) is 29.8 Å². The topological polar surface area (TPSA) is 39.8 Å². The summed E-state index contributed by atoms with van der Waals surface area (Å²) in [4.78, 5) is 11.6. The lowest BCUT2D eigenvalue weighted by Gasteiger charge is -2.01. The molecular weight excluding hydrogens is 237 g/mol. The van der Waals surface area contributed by atoms with E-state index in [0.717, 1.165) is 0 Å². The Bertz CT molecular complexity index is 559. The van der Waals surface area contributed by atoms with Crippen LogP contribution in [0.5, 0.6) is 0 Å². The van der Waals surface area contributed by atoms with E-state index in [9.17, 15) is 4.79 Å². The summed E-state index contributed by atoms with van der Waals surface area (Å²) >= 11 is 11.6. The first-order valence-corrected chi connectivity index (χ1v) is 4.92. The fraction of sp³-hybridized carbons (Fsp3) is 0.111. The Kier molecular flexibility index (Phi) is 2.54. The van der Waals surface area contributed by atoms with Crippen LogP contribution in [0.15, 0.2) is 29.1 Å². The molecule has 0 aliphatic rings. The molecule has 0 saturated carbocycles. The van der Waals surface area contributed by atoms with Crippen molar-refractivity contribution in [2.24, 2.45) is 7.05 Å². The van der Waals surface area contributed by atoms with Gasteiger partial charge in [-0.25, -0.2) is 14.0 Å². The fourth-order valence-corrected chi connectivity index (χ4v) is 1.73. The highest BCUT2D eigenvalue weighted by atomic mass is 35.5. The summed E-state index contributed by atoms with van der Waals surface area (Å²) in [5.41, 5.74) is 0.299. The number of aryl methyl sites for hydroxylation is 1. The molecular formula is C9H7Cl2N3O. The molecule has 0 unspecified atom stereocenters. The molecule has 0 fully saturated rings. The van der Waals surface area contributed by atoms with Crippen molar-refractivity contribution in [2.75, 3.05) is 0 Å². The first-order valence-electron chi connectivity index (χ1n) is 4.17. The van der Waals surface area contributed by atoms with Gasteiger partial charge in [0, 0.05) is 12.1 Å². The zero-order valence-corrected chi connectivity index (χ0v) is 9.33. The Morgan fingerprint density at radius 3 is 2.60 bits per heavy atom. The molecule has 0 N–H and O–H groups in total. The summed E-state index contributed by atoms with van der Waals surface area (Å²) in [7, 11) is 1.54. The van der Waals surface area contributed by atoms with E-state index in [1.807, 2.05) is 0 Å². The van der Waals surface area contributed by atoms with E-state index < -0.39 is 0 Å². The van der Waals surface area contributed by atoms with Crippen molar-refractivity contribution in [3.63, 3.8) is 0 Å². The molecule has 4 nitrogen and oxygen atoms in total. The molecule has 0 amide bonds. The monoisotopic (exact) mass is 243 g/mol. The number of hydrogen-bond donors (Lipinski definition) is 0. The predicted octanol–water partition coefficient (Wildman–Crippen LogP) is 1.88. The van der Waals surface area contributed by atoms with Gasteiger partial charge in [-0.1, -0.05) is 17.7 Å². The molecule has 0 spiro atoms. The Labute approximate surface area is 95.7 Å². The first kappa shape index (κ1) is 10.3. The molecule has 1 aromatic carbocycles. The van der Waals surface area contributed by atoms with Gasteiger partial charge in [0.25, 0.3) is 0 Å². The number of halogens is 2. The SMILES string of the molecule is Cn1nc(Cl)n(-c2cccc(Cl)c2)c1=O. The van der Waals surface area contributed by atoms with E-state index in [4.69, 9.17) is 23.2 Å². The number of hydrogen-bond acceptors (Lipinski definition) is 2. The molecule has 0 aliphatic carbocycles. The third-order valence-electron chi connectivity index (χ3n) is 1.95. The van der Waals surface area contributed by atoms with Crippen LogP contribution in [0.25, 0.3) is 5.69 Å². The zero-order valence-electron chi connectivity index (χ0n) is 7.82. The van der Waals surface area contributed by atoms with E-state index in [0.29, 0.717) is 10.7 Å². The van der Waals surface area contributed by atoms with Crippen LogP contribution in [0.4, 0.5) is 0 Å². The summed E-state index contributed by atoms with van der Waals surface area (Å²) in [6, 6.07) is 6.85. The molecule has 15 heavy (non-hydrogen) atoms. The maximum absolute atomic E-state index is 11.6. The molecule has 78 valence electrons. The van der Waals surface area contributed by atoms with E-state index in [2.05, 4.69) is 5.10 Å². The molecule has 0 aliphatic heterocycles. The van der Waals surface area contributed by atoms with E-state index in [-0.39, 0.29) is 11.0 Å². The molecule has 1 aromatic heterocycles. The molecule has 2 rings (SSSR count). The molecule has 0 radical (unpaired) electrons. The van der Waals surface area contributed by atoms with Crippen molar-refractivity contribution < 1.29 is 0 Å². The van der Waals surface area contributed by atoms with Gasteiger partial charge >= 0.3 is 5.69 Å². The maximum Gasteiger partial charge on any atom is 0.351 e. The average molecular weight is 244 g/mol. The van der Waals surface area contributed by atoms with Crippen LogP contribution >= 0.6 is 23.2 Å². The predicted molar refractivity (Wildman–Crippen MR) is 58.8 cm³/mol. The molecule has 1 heterocycles. The Morgan fingerprint density at radius 1 is 1.33 bits per heavy atom. The summed E-state index contributed by atoms with van der Waals surface area (Å²) in [5.74, 6) is 0. The highest BCUT2D eigenvalue weighted by Crippen LogP contribution is 2.16. The highest BCUT2D eigenvalue weighted by Gasteiger charge is 2.10. The van der Waals surface area contributed by atoms with Crippen LogP contribution in [0.1, 0.15) is 0 Å². The summed E-state index contributed by atoms with van der Waals surface area (Å²) in [6.07, 6.45) is 0. The van der Waals surface area contributed by atoms with Gasteiger partial charge in [0.2, 0.25) is 5.28 Å². The van der Waals surface area contributed by atoms with E-state index in [1.165, 1.54) is 16.3 Å². The van der Waals surface area contributed by atoms with Gasteiger partial charge in [-0.15, -0.1) is 5.10 Å². The normalized spacial score (nSPS) is 10.6. The Balaban J connectivity index is 2.69. The molecule has 0 bridgehead atoms. The highest BCUT2D eigenvalue weighted by molar-refractivity contribution is 6.31. The average Bonchev–Trinajstić information content (AvgIpc) is 2.41. The van der Waals surface area contributed by atoms with E-state index in [1.54, 1.807) is 24.3 Å². The van der Waals surface area contributed by atoms with Crippen LogP contribution < -0.4 is 5.69 Å². The number of aromatic nitrogens is 3. The van der Waals surface area contributed by atoms with Crippen LogP contribution in [0.3, 0.4) is 0 Å². The van der Waals surface area contributed by atoms with Crippen molar-refractivity contribution in [3.8, 4) is 5.69 Å². The maximum atomic E-state index is 11.6. The Hall–Kier alpha value is -1.26. The van der Waals surface area contributed by atoms with Crippen molar-refractivity contribution in [2.45, 2.75) is 0 Å². The molecule has 0 saturated heterocycles. The largest absolute Gasteiger partial charge is 0.351 e. The fourth-order valence-electron chi connectivity index (χ4n) is 1.27. The Morgan fingerprint density at radius 2 is 2.07 bits per heavy atom. The minimum atomic E-state index is -0.303. The van der Waals surface area contributed by atoms with Crippen LogP contribution in [0.2, 0.25) is 10.3 Å². The van der Waals surface area contributed by atoms with Gasteiger partial charge in [-0.3, -0.25) is 0 Å². The molecule has 0 atom stereocenters. The van der Waals surface area contributed by atoms with Crippen molar-refractivity contribution in [1.82, 2.24) is 14.3 Å². The number of benzene rings is 1. The first-order chi connectivity index (χ1) is 7.09. The number of nitrogens with zero attached hydrogens (tertiary/aromatic N) is 3. The van der Waals surface area contributed by atoms with Gasteiger partial charge in [-0.2, -0.15) is 0 Å². The smallest absolute Gasteiger partial charge is 0.246 e. The third-order valence-corrected chi connectivity index (χ3v) is 2.43. The van der Waals surface area contributed by atoms with Crippen molar-refractivity contribution in [1.29, 1.82) is 0 Å². The van der Waals surface area contributed by atoms with Crippen LogP contribution in [0, 0.1) is 0 Å².